The van der Waals surface area contributed by atoms with E-state index >= 15 is 0 Å². The van der Waals surface area contributed by atoms with E-state index in [1.54, 1.807) is 12.1 Å². The first-order valence-electron chi connectivity index (χ1n) is 8.69. The van der Waals surface area contributed by atoms with Gasteiger partial charge in [-0.2, -0.15) is 13.2 Å². The number of hydrogen-bond acceptors (Lipinski definition) is 2. The zero-order chi connectivity index (χ0) is 18.0. The lowest BCUT2D eigenvalue weighted by molar-refractivity contribution is -0.137. The molecule has 1 heterocycles. The van der Waals surface area contributed by atoms with Gasteiger partial charge in [0, 0.05) is 31.2 Å². The third-order valence-electron chi connectivity index (χ3n) is 5.07. The Morgan fingerprint density at radius 1 is 1.04 bits per heavy atom. The van der Waals surface area contributed by atoms with Crippen molar-refractivity contribution in [3.8, 4) is 0 Å². The number of likely N-dealkylation sites (tertiary alicyclic amines) is 1. The number of likely N-dealkylation sites (N-methyl/N-ethyl adjacent to an activating group) is 1. The molecule has 136 valence electrons. The molecule has 2 rings (SSSR count). The minimum atomic E-state index is -4.25. The molecule has 0 unspecified atom stereocenters. The van der Waals surface area contributed by atoms with Crippen molar-refractivity contribution in [1.29, 1.82) is 0 Å². The molecule has 24 heavy (non-hydrogen) atoms. The van der Waals surface area contributed by atoms with Crippen LogP contribution in [0.15, 0.2) is 24.3 Å². The highest BCUT2D eigenvalue weighted by Gasteiger charge is 2.30. The molecule has 0 aromatic heterocycles. The molecule has 5 heteroatoms. The molecule has 0 bridgehead atoms. The first kappa shape index (κ1) is 19.3. The molecule has 1 aliphatic rings. The van der Waals surface area contributed by atoms with E-state index < -0.39 is 11.7 Å². The summed E-state index contributed by atoms with van der Waals surface area (Å²) in [6.45, 7) is 9.86. The maximum absolute atomic E-state index is 12.6. The lowest BCUT2D eigenvalue weighted by Gasteiger charge is -2.43. The van der Waals surface area contributed by atoms with Crippen molar-refractivity contribution < 1.29 is 13.2 Å². The third kappa shape index (κ3) is 5.21. The molecule has 0 saturated carbocycles. The van der Waals surface area contributed by atoms with Crippen LogP contribution in [0.2, 0.25) is 0 Å². The molecule has 1 aromatic carbocycles. The summed E-state index contributed by atoms with van der Waals surface area (Å²) in [7, 11) is 2.13. The molecule has 1 aliphatic heterocycles. The number of alkyl halides is 3. The Balaban J connectivity index is 1.80. The predicted molar refractivity (Wildman–Crippen MR) is 92.1 cm³/mol. The largest absolute Gasteiger partial charge is 0.416 e. The molecule has 0 N–H and O–H groups in total. The second-order valence-electron chi connectivity index (χ2n) is 7.81. The van der Waals surface area contributed by atoms with Crippen LogP contribution in [0.1, 0.15) is 44.7 Å². The fraction of sp³-hybridized carbons (Fsp3) is 0.684. The highest BCUT2D eigenvalue weighted by molar-refractivity contribution is 5.24. The summed E-state index contributed by atoms with van der Waals surface area (Å²) in [6, 6.07) is 6.12. The van der Waals surface area contributed by atoms with Gasteiger partial charge in [-0.05, 0) is 64.8 Å². The molecule has 0 spiro atoms. The standard InChI is InChI=1S/C19H29F3N2/c1-18(2,3)24-13-10-17(11-14-24)23(4)12-9-15-5-7-16(8-6-15)19(20,21)22/h5-8,17H,9-14H2,1-4H3. The Kier molecular flexibility index (Phi) is 5.97. The molecule has 0 atom stereocenters. The van der Waals surface area contributed by atoms with Gasteiger partial charge in [0.15, 0.2) is 0 Å². The van der Waals surface area contributed by atoms with Crippen LogP contribution in [-0.2, 0) is 12.6 Å². The molecule has 0 radical (unpaired) electrons. The van der Waals surface area contributed by atoms with Gasteiger partial charge in [-0.3, -0.25) is 4.90 Å². The van der Waals surface area contributed by atoms with Crippen LogP contribution in [0.25, 0.3) is 0 Å². The number of piperidine rings is 1. The molecule has 1 saturated heterocycles. The molecule has 1 aromatic rings. The van der Waals surface area contributed by atoms with E-state index in [4.69, 9.17) is 0 Å². The van der Waals surface area contributed by atoms with Gasteiger partial charge in [0.25, 0.3) is 0 Å². The van der Waals surface area contributed by atoms with Crippen molar-refractivity contribution in [2.24, 2.45) is 0 Å². The number of hydrogen-bond donors (Lipinski definition) is 0. The summed E-state index contributed by atoms with van der Waals surface area (Å²) in [5.41, 5.74) is 0.611. The highest BCUT2D eigenvalue weighted by atomic mass is 19.4. The van der Waals surface area contributed by atoms with Crippen molar-refractivity contribution in [1.82, 2.24) is 9.80 Å². The van der Waals surface area contributed by atoms with Gasteiger partial charge in [0.2, 0.25) is 0 Å². The Bertz CT molecular complexity index is 509. The number of nitrogens with zero attached hydrogens (tertiary/aromatic N) is 2. The Morgan fingerprint density at radius 3 is 2.04 bits per heavy atom. The normalized spacial score (nSPS) is 18.3. The third-order valence-corrected chi connectivity index (χ3v) is 5.07. The first-order valence-corrected chi connectivity index (χ1v) is 8.69. The summed E-state index contributed by atoms with van der Waals surface area (Å²) >= 11 is 0. The Labute approximate surface area is 143 Å². The van der Waals surface area contributed by atoms with E-state index in [-0.39, 0.29) is 5.54 Å². The highest BCUT2D eigenvalue weighted by Crippen LogP contribution is 2.29. The van der Waals surface area contributed by atoms with Crippen LogP contribution < -0.4 is 0 Å². The monoisotopic (exact) mass is 342 g/mol. The number of halogens is 3. The van der Waals surface area contributed by atoms with Crippen LogP contribution in [0.5, 0.6) is 0 Å². The summed E-state index contributed by atoms with van der Waals surface area (Å²) in [5, 5.41) is 0. The average Bonchev–Trinajstić information content (AvgIpc) is 2.51. The van der Waals surface area contributed by atoms with Gasteiger partial charge >= 0.3 is 6.18 Å². The maximum atomic E-state index is 12.6. The summed E-state index contributed by atoms with van der Waals surface area (Å²) in [6.07, 6.45) is -1.16. The second-order valence-corrected chi connectivity index (χ2v) is 7.81. The van der Waals surface area contributed by atoms with Crippen LogP contribution >= 0.6 is 0 Å². The Morgan fingerprint density at radius 2 is 1.58 bits per heavy atom. The summed E-state index contributed by atoms with van der Waals surface area (Å²) in [4.78, 5) is 4.88. The van der Waals surface area contributed by atoms with Crippen LogP contribution in [0.4, 0.5) is 13.2 Å². The first-order chi connectivity index (χ1) is 11.1. The molecular formula is C19H29F3N2. The lowest BCUT2D eigenvalue weighted by Crippen LogP contribution is -2.50. The van der Waals surface area contributed by atoms with Crippen LogP contribution in [-0.4, -0.2) is 48.1 Å². The second kappa shape index (κ2) is 7.44. The van der Waals surface area contributed by atoms with E-state index in [1.807, 2.05) is 0 Å². The average molecular weight is 342 g/mol. The minimum Gasteiger partial charge on any atom is -0.303 e. The minimum absolute atomic E-state index is 0.226. The summed E-state index contributed by atoms with van der Waals surface area (Å²) < 4.78 is 37.7. The molecule has 2 nitrogen and oxygen atoms in total. The quantitative estimate of drug-likeness (QED) is 0.798. The van der Waals surface area contributed by atoms with E-state index in [2.05, 4.69) is 37.6 Å². The zero-order valence-electron chi connectivity index (χ0n) is 15.2. The van der Waals surface area contributed by atoms with Crippen LogP contribution in [0, 0.1) is 0 Å². The van der Waals surface area contributed by atoms with Crippen molar-refractivity contribution in [2.75, 3.05) is 26.7 Å². The lowest BCUT2D eigenvalue weighted by atomic mass is 9.97. The van der Waals surface area contributed by atoms with E-state index in [1.165, 1.54) is 12.1 Å². The van der Waals surface area contributed by atoms with E-state index in [0.717, 1.165) is 44.5 Å². The molecule has 0 amide bonds. The zero-order valence-corrected chi connectivity index (χ0v) is 15.2. The topological polar surface area (TPSA) is 6.48 Å². The fourth-order valence-electron chi connectivity index (χ4n) is 3.33. The molecular weight excluding hydrogens is 313 g/mol. The van der Waals surface area contributed by atoms with Crippen molar-refractivity contribution in [3.63, 3.8) is 0 Å². The van der Waals surface area contributed by atoms with Gasteiger partial charge in [-0.25, -0.2) is 0 Å². The van der Waals surface area contributed by atoms with Crippen molar-refractivity contribution >= 4 is 0 Å². The van der Waals surface area contributed by atoms with Gasteiger partial charge in [-0.1, -0.05) is 12.1 Å². The van der Waals surface area contributed by atoms with E-state index in [0.29, 0.717) is 6.04 Å². The Hall–Kier alpha value is -1.07. The van der Waals surface area contributed by atoms with Gasteiger partial charge in [0.1, 0.15) is 0 Å². The molecule has 1 fully saturated rings. The van der Waals surface area contributed by atoms with Crippen molar-refractivity contribution in [3.05, 3.63) is 35.4 Å². The van der Waals surface area contributed by atoms with Crippen LogP contribution in [0.3, 0.4) is 0 Å². The van der Waals surface area contributed by atoms with Gasteiger partial charge in [-0.15, -0.1) is 0 Å². The number of rotatable bonds is 4. The van der Waals surface area contributed by atoms with Crippen molar-refractivity contribution in [2.45, 2.75) is 57.8 Å². The predicted octanol–water partition coefficient (Wildman–Crippen LogP) is 4.44. The van der Waals surface area contributed by atoms with Gasteiger partial charge in [0.05, 0.1) is 5.56 Å². The fourth-order valence-corrected chi connectivity index (χ4v) is 3.33. The SMILES string of the molecule is CN(CCc1ccc(C(F)(F)F)cc1)C1CCN(C(C)(C)C)CC1. The smallest absolute Gasteiger partial charge is 0.303 e. The molecule has 0 aliphatic carbocycles. The summed E-state index contributed by atoms with van der Waals surface area (Å²) in [5.74, 6) is 0. The maximum Gasteiger partial charge on any atom is 0.416 e. The van der Waals surface area contributed by atoms with Gasteiger partial charge < -0.3 is 4.90 Å². The van der Waals surface area contributed by atoms with E-state index in [9.17, 15) is 13.2 Å². The number of benzene rings is 1.